The second-order valence-electron chi connectivity index (χ2n) is 19.9. The summed E-state index contributed by atoms with van der Waals surface area (Å²) in [5.74, 6) is 0. The van der Waals surface area contributed by atoms with Crippen LogP contribution in [0.3, 0.4) is 0 Å². The molecule has 18 heteroatoms. The van der Waals surface area contributed by atoms with Crippen LogP contribution in [0.2, 0.25) is 0 Å². The molecule has 0 aliphatic heterocycles. The monoisotopic (exact) mass is 1710 g/mol. The molecule has 0 saturated heterocycles. The Morgan fingerprint density at radius 2 is 0.540 bits per heavy atom. The molecule has 0 spiro atoms. The zero-order chi connectivity index (χ0) is 69.5. The zero-order valence-corrected chi connectivity index (χ0v) is 59.7. The van der Waals surface area contributed by atoms with Gasteiger partial charge in [0.2, 0.25) is 0 Å². The van der Waals surface area contributed by atoms with E-state index in [4.69, 9.17) is 23.2 Å². The SMILES string of the molecule is CO.CO.O=S(=O)(O)C(F)(F)F.[Ir].[Ir].[c-]1ccccc1-c1ccc(N(c2ccccc2)c2ccccc2)cn1.[c-]1ccccc1-c1ccccn1.[c-]1ccccc1-c1ccccn1.[c-]1ccccc1-c1ccccn1.c1ccc(-c2ccc(N(c3ccccc3)c3ccccc3)cn2)cc1. The first-order chi connectivity index (χ1) is 48.0. The van der Waals surface area contributed by atoms with Crippen molar-refractivity contribution < 1.29 is 76.6 Å². The van der Waals surface area contributed by atoms with Gasteiger partial charge in [-0.25, -0.2) is 0 Å². The number of para-hydroxylation sites is 4. The number of pyridine rings is 5. The van der Waals surface area contributed by atoms with E-state index in [-0.39, 0.29) is 40.2 Å². The van der Waals surface area contributed by atoms with E-state index in [1.54, 1.807) is 18.6 Å². The summed E-state index contributed by atoms with van der Waals surface area (Å²) in [6.45, 7) is 0. The fourth-order valence-electron chi connectivity index (χ4n) is 8.96. The van der Waals surface area contributed by atoms with Gasteiger partial charge in [-0.05, 0) is 108 Å². The van der Waals surface area contributed by atoms with Gasteiger partial charge in [-0.15, -0.1) is 144 Å². The Morgan fingerprint density at radius 1 is 0.300 bits per heavy atom. The van der Waals surface area contributed by atoms with Gasteiger partial charge in [0.25, 0.3) is 0 Å². The van der Waals surface area contributed by atoms with E-state index >= 15 is 0 Å². The minimum absolute atomic E-state index is 0. The molecular weight excluding hydrogens is 1640 g/mol. The maximum Gasteiger partial charge on any atom is 0.522 e. The Bertz CT molecular complexity index is 3980. The number of aromatic nitrogens is 5. The predicted octanol–water partition coefficient (Wildman–Crippen LogP) is 19.5. The van der Waals surface area contributed by atoms with Crippen LogP contribution in [0, 0.1) is 24.3 Å². The number of hydrogen-bond acceptors (Lipinski definition) is 11. The van der Waals surface area contributed by atoms with Crippen LogP contribution in [-0.2, 0) is 50.3 Å². The topological polar surface area (TPSA) is 166 Å². The van der Waals surface area contributed by atoms with E-state index in [0.717, 1.165) is 105 Å². The number of nitrogens with zero attached hydrogens (tertiary/aromatic N) is 7. The van der Waals surface area contributed by atoms with E-state index in [2.05, 4.69) is 162 Å². The van der Waals surface area contributed by atoms with Gasteiger partial charge in [0.15, 0.2) is 0 Å². The third kappa shape index (κ3) is 25.9. The van der Waals surface area contributed by atoms with Gasteiger partial charge < -0.3 is 39.9 Å². The second-order valence-corrected chi connectivity index (χ2v) is 21.3. The van der Waals surface area contributed by atoms with E-state index < -0.39 is 15.6 Å². The summed E-state index contributed by atoms with van der Waals surface area (Å²) in [5.41, 5.74) is 11.0. The summed E-state index contributed by atoms with van der Waals surface area (Å²) in [7, 11) is -3.84. The van der Waals surface area contributed by atoms with Gasteiger partial charge in [0, 0.05) is 108 Å². The normalized spacial score (nSPS) is 9.92. The van der Waals surface area contributed by atoms with Crippen molar-refractivity contribution in [3.05, 3.63) is 383 Å². The van der Waals surface area contributed by atoms with Crippen molar-refractivity contribution in [1.82, 2.24) is 24.9 Å². The van der Waals surface area contributed by atoms with Crippen LogP contribution in [0.15, 0.2) is 359 Å². The summed E-state index contributed by atoms with van der Waals surface area (Å²) in [4.78, 5) is 26.4. The molecule has 0 atom stereocenters. The molecule has 0 aliphatic rings. The van der Waals surface area contributed by atoms with Gasteiger partial charge in [0.1, 0.15) is 0 Å². The quantitative estimate of drug-likeness (QED) is 0.0638. The van der Waals surface area contributed by atoms with E-state index in [0.29, 0.717) is 0 Å². The van der Waals surface area contributed by atoms with Crippen molar-refractivity contribution in [2.75, 3.05) is 24.0 Å². The second kappa shape index (κ2) is 44.2. The van der Waals surface area contributed by atoms with Crippen LogP contribution in [-0.4, -0.2) is 67.8 Å². The molecule has 3 N–H and O–H groups in total. The van der Waals surface area contributed by atoms with E-state index in [1.165, 1.54) is 0 Å². The van der Waals surface area contributed by atoms with Crippen molar-refractivity contribution in [2.24, 2.45) is 0 Å². The first kappa shape index (κ1) is 79.9. The fraction of sp³-hybridized carbons (Fsp3) is 0.0366. The number of anilines is 6. The molecule has 14 rings (SSSR count). The van der Waals surface area contributed by atoms with Crippen LogP contribution in [0.4, 0.5) is 47.3 Å². The smallest absolute Gasteiger partial charge is 0.400 e. The van der Waals surface area contributed by atoms with Gasteiger partial charge in [-0.3, -0.25) is 9.54 Å². The molecule has 100 heavy (non-hydrogen) atoms. The first-order valence-corrected chi connectivity index (χ1v) is 31.7. The van der Waals surface area contributed by atoms with Gasteiger partial charge in [-0.1, -0.05) is 146 Å². The molecule has 9 aromatic carbocycles. The third-order valence-corrected chi connectivity index (χ3v) is 14.0. The van der Waals surface area contributed by atoms with Crippen molar-refractivity contribution in [2.45, 2.75) is 5.51 Å². The average Bonchev–Trinajstić information content (AvgIpc) is 0.815. The molecule has 5 heterocycles. The number of alkyl halides is 3. The molecule has 12 nitrogen and oxygen atoms in total. The largest absolute Gasteiger partial charge is 0.522 e. The number of halogens is 3. The minimum atomic E-state index is -5.84. The maximum atomic E-state index is 10.7. The number of aliphatic hydroxyl groups is 2. The first-order valence-electron chi connectivity index (χ1n) is 30.3. The van der Waals surface area contributed by atoms with Crippen LogP contribution >= 0.6 is 0 Å². The molecule has 0 bridgehead atoms. The summed E-state index contributed by atoms with van der Waals surface area (Å²) in [5, 5.41) is 14.0. The molecule has 2 radical (unpaired) electrons. The Kier molecular flexibility index (Phi) is 35.4. The Hall–Kier alpha value is -10.8. The summed E-state index contributed by atoms with van der Waals surface area (Å²) in [6.07, 6.45) is 9.21. The number of rotatable bonds is 11. The Morgan fingerprint density at radius 3 is 0.760 bits per heavy atom. The predicted molar refractivity (Wildman–Crippen MR) is 387 cm³/mol. The molecule has 0 aliphatic carbocycles. The van der Waals surface area contributed by atoms with Gasteiger partial charge >= 0.3 is 15.6 Å². The molecule has 0 amide bonds. The van der Waals surface area contributed by atoms with Crippen molar-refractivity contribution >= 4 is 44.2 Å². The number of hydrogen-bond donors (Lipinski definition) is 3. The fourth-order valence-corrected chi connectivity index (χ4v) is 8.96. The average molecular weight is 1700 g/mol. The Labute approximate surface area is 610 Å². The zero-order valence-electron chi connectivity index (χ0n) is 54.1. The number of aliphatic hydroxyl groups excluding tert-OH is 2. The molecule has 14 aromatic rings. The van der Waals surface area contributed by atoms with Crippen LogP contribution in [0.5, 0.6) is 0 Å². The van der Waals surface area contributed by atoms with Crippen LogP contribution < -0.4 is 9.80 Å². The summed E-state index contributed by atoms with van der Waals surface area (Å²) >= 11 is 0. The summed E-state index contributed by atoms with van der Waals surface area (Å²) < 4.78 is 57.5. The standard InChI is InChI=1S/C23H18N2.C23H17N2.3C11H8N.CHF3O3S.2CH4O.2Ir/c2*1-4-10-19(11-5-1)23-17-16-22(18-24-23)25(20-12-6-2-7-13-20)21-14-8-3-9-15-21;3*1-2-6-10(7-3-1)11-8-4-5-9-12-11;2-1(3,4)8(5,6)7;2*1-2;;/h1-18H;1-10,12-18H;3*1-6,8-9H;(H,5,6,7);2*2H,1H3;;/q;4*-1;;;;;. The molecular formula is C82H68F3Ir2N7O5S-4. The number of benzene rings is 9. The van der Waals surface area contributed by atoms with Gasteiger partial charge in [0.05, 0.1) is 23.3 Å². The maximum absolute atomic E-state index is 10.7. The van der Waals surface area contributed by atoms with Crippen LogP contribution in [0.25, 0.3) is 56.3 Å². The van der Waals surface area contributed by atoms with E-state index in [9.17, 15) is 13.2 Å². The molecule has 0 unspecified atom stereocenters. The van der Waals surface area contributed by atoms with Gasteiger partial charge in [-0.2, -0.15) is 21.6 Å². The van der Waals surface area contributed by atoms with Crippen molar-refractivity contribution in [3.63, 3.8) is 0 Å². The Balaban J connectivity index is 0.000000223. The van der Waals surface area contributed by atoms with Crippen LogP contribution in [0.1, 0.15) is 0 Å². The molecule has 0 fully saturated rings. The third-order valence-electron chi connectivity index (χ3n) is 13.4. The molecule has 0 saturated carbocycles. The molecule has 510 valence electrons. The van der Waals surface area contributed by atoms with Crippen molar-refractivity contribution in [3.8, 4) is 56.3 Å². The van der Waals surface area contributed by atoms with E-state index in [1.807, 2.05) is 237 Å². The summed E-state index contributed by atoms with van der Waals surface area (Å²) in [6, 6.07) is 122. The van der Waals surface area contributed by atoms with Crippen molar-refractivity contribution in [1.29, 1.82) is 0 Å². The molecule has 5 aromatic heterocycles. The minimum Gasteiger partial charge on any atom is -0.400 e.